The highest BCUT2D eigenvalue weighted by molar-refractivity contribution is 5.60. The van der Waals surface area contributed by atoms with Crippen molar-refractivity contribution in [2.45, 2.75) is 33.2 Å². The zero-order valence-corrected chi connectivity index (χ0v) is 10.7. The van der Waals surface area contributed by atoms with Crippen LogP contribution in [0.3, 0.4) is 0 Å². The maximum absolute atomic E-state index is 9.19. The van der Waals surface area contributed by atoms with Gasteiger partial charge in [0, 0.05) is 19.6 Å². The number of anilines is 1. The first-order valence-corrected chi connectivity index (χ1v) is 6.24. The molecule has 1 rings (SSSR count). The smallest absolute Gasteiger partial charge is 0.101 e. The maximum Gasteiger partial charge on any atom is 0.101 e. The molecule has 1 aromatic carbocycles. The van der Waals surface area contributed by atoms with Crippen molar-refractivity contribution in [1.29, 1.82) is 5.26 Å². The van der Waals surface area contributed by atoms with E-state index in [1.165, 1.54) is 6.42 Å². The second kappa shape index (κ2) is 6.93. The van der Waals surface area contributed by atoms with Gasteiger partial charge in [0.05, 0.1) is 11.3 Å². The highest BCUT2D eigenvalue weighted by atomic mass is 15.1. The van der Waals surface area contributed by atoms with Crippen LogP contribution in [0.1, 0.15) is 37.8 Å². The number of hydrogen-bond acceptors (Lipinski definition) is 3. The second-order valence-corrected chi connectivity index (χ2v) is 4.10. The lowest BCUT2D eigenvalue weighted by Gasteiger charge is -2.24. The summed E-state index contributed by atoms with van der Waals surface area (Å²) in [6.45, 7) is 6.71. The van der Waals surface area contributed by atoms with E-state index in [9.17, 15) is 5.26 Å². The molecule has 0 aliphatic carbocycles. The Kier molecular flexibility index (Phi) is 5.51. The highest BCUT2D eigenvalue weighted by Gasteiger charge is 2.09. The molecule has 0 unspecified atom stereocenters. The number of unbranched alkanes of at least 4 members (excludes halogenated alkanes) is 1. The predicted molar refractivity (Wildman–Crippen MR) is 71.8 cm³/mol. The van der Waals surface area contributed by atoms with Crippen molar-refractivity contribution in [3.8, 4) is 6.07 Å². The lowest BCUT2D eigenvalue weighted by molar-refractivity contribution is 0.731. The minimum Gasteiger partial charge on any atom is -0.371 e. The van der Waals surface area contributed by atoms with Crippen molar-refractivity contribution in [2.75, 3.05) is 18.0 Å². The zero-order valence-electron chi connectivity index (χ0n) is 10.7. The van der Waals surface area contributed by atoms with Crippen molar-refractivity contribution in [3.05, 3.63) is 29.3 Å². The fourth-order valence-electron chi connectivity index (χ4n) is 1.87. The molecule has 3 nitrogen and oxygen atoms in total. The van der Waals surface area contributed by atoms with E-state index in [-0.39, 0.29) is 0 Å². The number of nitriles is 1. The molecule has 0 amide bonds. The van der Waals surface area contributed by atoms with Crippen molar-refractivity contribution in [2.24, 2.45) is 5.73 Å². The lowest BCUT2D eigenvalue weighted by Crippen LogP contribution is -2.24. The van der Waals surface area contributed by atoms with E-state index >= 15 is 0 Å². The third kappa shape index (κ3) is 3.47. The molecule has 0 aliphatic heterocycles. The molecular weight excluding hydrogens is 210 g/mol. The third-order valence-corrected chi connectivity index (χ3v) is 2.92. The quantitative estimate of drug-likeness (QED) is 0.819. The average molecular weight is 231 g/mol. The summed E-state index contributed by atoms with van der Waals surface area (Å²) in [5.74, 6) is 0. The molecule has 0 aliphatic rings. The van der Waals surface area contributed by atoms with E-state index in [0.29, 0.717) is 6.54 Å². The Labute approximate surface area is 104 Å². The van der Waals surface area contributed by atoms with Crippen LogP contribution < -0.4 is 10.6 Å². The van der Waals surface area contributed by atoms with Crippen LogP contribution in [0.5, 0.6) is 0 Å². The molecule has 0 heterocycles. The minimum absolute atomic E-state index is 0.482. The fourth-order valence-corrected chi connectivity index (χ4v) is 1.87. The monoisotopic (exact) mass is 231 g/mol. The molecule has 0 radical (unpaired) electrons. The van der Waals surface area contributed by atoms with Crippen LogP contribution in [-0.4, -0.2) is 13.1 Å². The Hall–Kier alpha value is -1.53. The summed E-state index contributed by atoms with van der Waals surface area (Å²) in [4.78, 5) is 2.25. The first-order chi connectivity index (χ1) is 8.26. The SMILES string of the molecule is CCCCN(CC)c1ccc(CN)cc1C#N. The number of rotatable bonds is 6. The van der Waals surface area contributed by atoms with Gasteiger partial charge in [-0.05, 0) is 31.0 Å². The molecule has 0 spiro atoms. The van der Waals surface area contributed by atoms with Gasteiger partial charge in [-0.2, -0.15) is 5.26 Å². The molecule has 1 aromatic rings. The topological polar surface area (TPSA) is 53.0 Å². The van der Waals surface area contributed by atoms with Crippen molar-refractivity contribution < 1.29 is 0 Å². The average Bonchev–Trinajstić information content (AvgIpc) is 2.39. The van der Waals surface area contributed by atoms with E-state index in [4.69, 9.17) is 5.73 Å². The fraction of sp³-hybridized carbons (Fsp3) is 0.500. The molecule has 2 N–H and O–H groups in total. The van der Waals surface area contributed by atoms with Gasteiger partial charge in [-0.25, -0.2) is 0 Å². The molecule has 0 fully saturated rings. The predicted octanol–water partition coefficient (Wildman–Crippen LogP) is 2.64. The molecule has 0 aromatic heterocycles. The maximum atomic E-state index is 9.19. The standard InChI is InChI=1S/C14H21N3/c1-3-5-8-17(4-2)14-7-6-12(10-15)9-13(14)11-16/h6-7,9H,3-5,8,10,15H2,1-2H3. The summed E-state index contributed by atoms with van der Waals surface area (Å²) >= 11 is 0. The number of benzene rings is 1. The summed E-state index contributed by atoms with van der Waals surface area (Å²) in [6.07, 6.45) is 2.32. The lowest BCUT2D eigenvalue weighted by atomic mass is 10.1. The van der Waals surface area contributed by atoms with E-state index in [1.807, 2.05) is 18.2 Å². The third-order valence-electron chi connectivity index (χ3n) is 2.92. The van der Waals surface area contributed by atoms with Gasteiger partial charge in [0.25, 0.3) is 0 Å². The zero-order chi connectivity index (χ0) is 12.7. The minimum atomic E-state index is 0.482. The van der Waals surface area contributed by atoms with Crippen LogP contribution in [0.4, 0.5) is 5.69 Å². The molecule has 0 atom stereocenters. The van der Waals surface area contributed by atoms with Crippen molar-refractivity contribution in [1.82, 2.24) is 0 Å². The van der Waals surface area contributed by atoms with Crippen LogP contribution in [0.15, 0.2) is 18.2 Å². The van der Waals surface area contributed by atoms with E-state index in [2.05, 4.69) is 24.8 Å². The van der Waals surface area contributed by atoms with E-state index in [1.54, 1.807) is 0 Å². The molecule has 92 valence electrons. The summed E-state index contributed by atoms with van der Waals surface area (Å²) in [5, 5.41) is 9.19. The molecule has 3 heteroatoms. The number of nitrogens with two attached hydrogens (primary N) is 1. The molecule has 17 heavy (non-hydrogen) atoms. The van der Waals surface area contributed by atoms with Crippen molar-refractivity contribution >= 4 is 5.69 Å². The van der Waals surface area contributed by atoms with Crippen LogP contribution in [0.25, 0.3) is 0 Å². The first kappa shape index (κ1) is 13.5. The van der Waals surface area contributed by atoms with Gasteiger partial charge in [0.1, 0.15) is 6.07 Å². The Morgan fingerprint density at radius 1 is 1.35 bits per heavy atom. The Morgan fingerprint density at radius 2 is 2.12 bits per heavy atom. The van der Waals surface area contributed by atoms with Gasteiger partial charge < -0.3 is 10.6 Å². The van der Waals surface area contributed by atoms with Crippen LogP contribution >= 0.6 is 0 Å². The summed E-state index contributed by atoms with van der Waals surface area (Å²) in [6, 6.07) is 8.18. The van der Waals surface area contributed by atoms with Gasteiger partial charge in [0.15, 0.2) is 0 Å². The molecule has 0 bridgehead atoms. The molecular formula is C14H21N3. The number of hydrogen-bond donors (Lipinski definition) is 1. The van der Waals surface area contributed by atoms with Gasteiger partial charge >= 0.3 is 0 Å². The van der Waals surface area contributed by atoms with Crippen LogP contribution in [0.2, 0.25) is 0 Å². The normalized spacial score (nSPS) is 10.0. The Morgan fingerprint density at radius 3 is 2.65 bits per heavy atom. The first-order valence-electron chi connectivity index (χ1n) is 6.24. The van der Waals surface area contributed by atoms with Crippen LogP contribution in [0, 0.1) is 11.3 Å². The van der Waals surface area contributed by atoms with E-state index in [0.717, 1.165) is 36.3 Å². The summed E-state index contributed by atoms with van der Waals surface area (Å²) < 4.78 is 0. The van der Waals surface area contributed by atoms with Gasteiger partial charge in [-0.3, -0.25) is 0 Å². The summed E-state index contributed by atoms with van der Waals surface area (Å²) in [5.41, 5.74) is 8.36. The van der Waals surface area contributed by atoms with Gasteiger partial charge in [-0.15, -0.1) is 0 Å². The molecule has 0 saturated carbocycles. The molecule has 0 saturated heterocycles. The Balaban J connectivity index is 2.98. The van der Waals surface area contributed by atoms with Gasteiger partial charge in [-0.1, -0.05) is 19.4 Å². The van der Waals surface area contributed by atoms with Gasteiger partial charge in [0.2, 0.25) is 0 Å². The number of nitrogens with zero attached hydrogens (tertiary/aromatic N) is 2. The highest BCUT2D eigenvalue weighted by Crippen LogP contribution is 2.21. The Bertz CT molecular complexity index is 393. The van der Waals surface area contributed by atoms with Crippen LogP contribution in [-0.2, 0) is 6.54 Å². The second-order valence-electron chi connectivity index (χ2n) is 4.10. The summed E-state index contributed by atoms with van der Waals surface area (Å²) in [7, 11) is 0. The van der Waals surface area contributed by atoms with E-state index < -0.39 is 0 Å². The largest absolute Gasteiger partial charge is 0.371 e. The van der Waals surface area contributed by atoms with Crippen molar-refractivity contribution in [3.63, 3.8) is 0 Å².